The maximum Gasteiger partial charge on any atom is 0.165 e. The number of hydrogen-bond acceptors (Lipinski definition) is 1. The van der Waals surface area contributed by atoms with Crippen molar-refractivity contribution >= 4 is 0 Å². The fourth-order valence-corrected chi connectivity index (χ4v) is 5.12. The quantitative estimate of drug-likeness (QED) is 0.460. The molecule has 1 aliphatic heterocycles. The summed E-state index contributed by atoms with van der Waals surface area (Å²) in [4.78, 5) is 0. The standard InChI is InChI=1S/C22H28F2O/c1-2-14-3-5-15(6-4-14)16-7-9-17(10-8-16)18-11-12-19(20-13-25-20)22(24)21(18)23/h2,11-12,14-17,20H,1,3-10,13H2. The van der Waals surface area contributed by atoms with Crippen LogP contribution < -0.4 is 0 Å². The second kappa shape index (κ2) is 7.19. The van der Waals surface area contributed by atoms with Crippen LogP contribution >= 0.6 is 0 Å². The lowest BCUT2D eigenvalue weighted by Gasteiger charge is -2.37. The van der Waals surface area contributed by atoms with Crippen LogP contribution in [0, 0.1) is 29.4 Å². The van der Waals surface area contributed by atoms with Gasteiger partial charge >= 0.3 is 0 Å². The second-order valence-electron chi connectivity index (χ2n) is 8.22. The van der Waals surface area contributed by atoms with E-state index in [-0.39, 0.29) is 12.0 Å². The Morgan fingerprint density at radius 3 is 1.92 bits per heavy atom. The summed E-state index contributed by atoms with van der Waals surface area (Å²) in [7, 11) is 0. The minimum atomic E-state index is -0.690. The molecule has 136 valence electrons. The smallest absolute Gasteiger partial charge is 0.165 e. The number of rotatable bonds is 4. The first kappa shape index (κ1) is 17.2. The van der Waals surface area contributed by atoms with E-state index >= 15 is 0 Å². The Balaban J connectivity index is 1.37. The molecule has 0 aromatic heterocycles. The third-order valence-electron chi connectivity index (χ3n) is 6.85. The monoisotopic (exact) mass is 346 g/mol. The molecule has 1 unspecified atom stereocenters. The molecule has 0 bridgehead atoms. The zero-order chi connectivity index (χ0) is 17.4. The van der Waals surface area contributed by atoms with Crippen molar-refractivity contribution in [3.8, 4) is 0 Å². The van der Waals surface area contributed by atoms with Gasteiger partial charge in [-0.15, -0.1) is 6.58 Å². The minimum absolute atomic E-state index is 0.171. The lowest BCUT2D eigenvalue weighted by molar-refractivity contribution is 0.170. The molecule has 3 fully saturated rings. The Morgan fingerprint density at radius 2 is 1.36 bits per heavy atom. The SMILES string of the molecule is C=CC1CCC(C2CCC(c3ccc(C4CO4)c(F)c3F)CC2)CC1. The van der Waals surface area contributed by atoms with E-state index in [0.717, 1.165) is 37.5 Å². The summed E-state index contributed by atoms with van der Waals surface area (Å²) in [5.41, 5.74) is 0.963. The molecule has 0 radical (unpaired) electrons. The van der Waals surface area contributed by atoms with Gasteiger partial charge in [-0.05, 0) is 80.6 Å². The number of benzene rings is 1. The third-order valence-corrected chi connectivity index (χ3v) is 6.85. The highest BCUT2D eigenvalue weighted by Gasteiger charge is 2.34. The van der Waals surface area contributed by atoms with E-state index in [1.165, 1.54) is 25.7 Å². The lowest BCUT2D eigenvalue weighted by atomic mass is 9.68. The van der Waals surface area contributed by atoms with Gasteiger partial charge in [0.05, 0.1) is 6.61 Å². The zero-order valence-corrected chi connectivity index (χ0v) is 14.9. The van der Waals surface area contributed by atoms with E-state index < -0.39 is 11.6 Å². The molecule has 1 heterocycles. The highest BCUT2D eigenvalue weighted by molar-refractivity contribution is 5.32. The average Bonchev–Trinajstić information content (AvgIpc) is 3.49. The highest BCUT2D eigenvalue weighted by Crippen LogP contribution is 2.45. The van der Waals surface area contributed by atoms with E-state index in [9.17, 15) is 8.78 Å². The van der Waals surface area contributed by atoms with Gasteiger partial charge in [-0.25, -0.2) is 8.78 Å². The van der Waals surface area contributed by atoms with Crippen molar-refractivity contribution in [3.63, 3.8) is 0 Å². The predicted octanol–water partition coefficient (Wildman–Crippen LogP) is 6.30. The third kappa shape index (κ3) is 3.53. The Kier molecular flexibility index (Phi) is 4.95. The maximum absolute atomic E-state index is 14.5. The van der Waals surface area contributed by atoms with Crippen molar-refractivity contribution in [2.45, 2.75) is 63.4 Å². The number of halogens is 2. The Bertz CT molecular complexity index is 621. The van der Waals surface area contributed by atoms with Crippen LogP contribution in [-0.2, 0) is 4.74 Å². The first-order valence-corrected chi connectivity index (χ1v) is 9.89. The molecule has 3 aliphatic rings. The molecular weight excluding hydrogens is 318 g/mol. The molecule has 1 nitrogen and oxygen atoms in total. The van der Waals surface area contributed by atoms with Crippen molar-refractivity contribution in [1.29, 1.82) is 0 Å². The Labute approximate surface area is 149 Å². The number of epoxide rings is 1. The van der Waals surface area contributed by atoms with Crippen LogP contribution in [0.4, 0.5) is 8.78 Å². The topological polar surface area (TPSA) is 12.5 Å². The number of allylic oxidation sites excluding steroid dienone is 1. The molecular formula is C22H28F2O. The minimum Gasteiger partial charge on any atom is -0.368 e. The van der Waals surface area contributed by atoms with Gasteiger partial charge in [-0.1, -0.05) is 18.2 Å². The maximum atomic E-state index is 14.5. The van der Waals surface area contributed by atoms with Gasteiger partial charge in [0.1, 0.15) is 6.10 Å². The number of ether oxygens (including phenoxy) is 1. The van der Waals surface area contributed by atoms with E-state index in [4.69, 9.17) is 4.74 Å². The van der Waals surface area contributed by atoms with Gasteiger partial charge < -0.3 is 4.74 Å². The van der Waals surface area contributed by atoms with Crippen LogP contribution in [0.25, 0.3) is 0 Å². The largest absolute Gasteiger partial charge is 0.368 e. The molecule has 1 saturated heterocycles. The fraction of sp³-hybridized carbons (Fsp3) is 0.636. The zero-order valence-electron chi connectivity index (χ0n) is 14.9. The van der Waals surface area contributed by atoms with Crippen LogP contribution in [0.5, 0.6) is 0 Å². The second-order valence-corrected chi connectivity index (χ2v) is 8.22. The van der Waals surface area contributed by atoms with Gasteiger partial charge in [-0.2, -0.15) is 0 Å². The van der Waals surface area contributed by atoms with E-state index in [0.29, 0.717) is 23.7 Å². The van der Waals surface area contributed by atoms with Crippen molar-refractivity contribution in [2.75, 3.05) is 6.61 Å². The summed E-state index contributed by atoms with van der Waals surface area (Å²) in [5, 5.41) is 0. The summed E-state index contributed by atoms with van der Waals surface area (Å²) in [5.74, 6) is 1.15. The molecule has 0 amide bonds. The molecule has 2 aliphatic carbocycles. The molecule has 0 N–H and O–H groups in total. The summed E-state index contributed by atoms with van der Waals surface area (Å²) >= 11 is 0. The van der Waals surface area contributed by atoms with E-state index in [1.807, 2.05) is 0 Å². The van der Waals surface area contributed by atoms with Gasteiger partial charge in [0.25, 0.3) is 0 Å². The first-order valence-electron chi connectivity index (χ1n) is 9.89. The summed E-state index contributed by atoms with van der Waals surface area (Å²) < 4.78 is 33.9. The average molecular weight is 346 g/mol. The van der Waals surface area contributed by atoms with Crippen LogP contribution in [0.2, 0.25) is 0 Å². The Morgan fingerprint density at radius 1 is 0.840 bits per heavy atom. The van der Waals surface area contributed by atoms with Crippen LogP contribution in [-0.4, -0.2) is 6.61 Å². The predicted molar refractivity (Wildman–Crippen MR) is 95.4 cm³/mol. The van der Waals surface area contributed by atoms with E-state index in [2.05, 4.69) is 12.7 Å². The molecule has 1 aromatic rings. The molecule has 1 aromatic carbocycles. The summed E-state index contributed by atoms with van der Waals surface area (Å²) in [6.45, 7) is 4.44. The van der Waals surface area contributed by atoms with Gasteiger partial charge in [0.15, 0.2) is 11.6 Å². The Hall–Kier alpha value is -1.22. The van der Waals surface area contributed by atoms with Crippen LogP contribution in [0.15, 0.2) is 24.8 Å². The van der Waals surface area contributed by atoms with Gasteiger partial charge in [0.2, 0.25) is 0 Å². The van der Waals surface area contributed by atoms with Crippen molar-refractivity contribution in [3.05, 3.63) is 47.5 Å². The van der Waals surface area contributed by atoms with Crippen LogP contribution in [0.3, 0.4) is 0 Å². The van der Waals surface area contributed by atoms with Crippen LogP contribution in [0.1, 0.15) is 74.5 Å². The van der Waals surface area contributed by atoms with Crippen molar-refractivity contribution < 1.29 is 13.5 Å². The molecule has 4 rings (SSSR count). The number of hydrogen-bond donors (Lipinski definition) is 0. The van der Waals surface area contributed by atoms with Crippen molar-refractivity contribution in [2.24, 2.45) is 17.8 Å². The van der Waals surface area contributed by atoms with E-state index in [1.54, 1.807) is 12.1 Å². The molecule has 2 saturated carbocycles. The summed E-state index contributed by atoms with van der Waals surface area (Å²) in [6, 6.07) is 3.53. The molecule has 0 spiro atoms. The van der Waals surface area contributed by atoms with Crippen molar-refractivity contribution in [1.82, 2.24) is 0 Å². The summed E-state index contributed by atoms with van der Waals surface area (Å²) in [6.07, 6.45) is 11.3. The molecule has 25 heavy (non-hydrogen) atoms. The molecule has 3 heteroatoms. The fourth-order valence-electron chi connectivity index (χ4n) is 5.12. The normalized spacial score (nSPS) is 35.4. The van der Waals surface area contributed by atoms with Gasteiger partial charge in [0, 0.05) is 5.56 Å². The molecule has 1 atom stereocenters. The highest BCUT2D eigenvalue weighted by atomic mass is 19.2. The van der Waals surface area contributed by atoms with Gasteiger partial charge in [-0.3, -0.25) is 0 Å². The lowest BCUT2D eigenvalue weighted by Crippen LogP contribution is -2.25. The first-order chi connectivity index (χ1) is 12.2.